The SMILES string of the molecule is Cc1[nH]c2ccccc2c1[C@@]1(O)C(=O)N(Cc2ccccc2)c2ccc(Cl)cc21. The van der Waals surface area contributed by atoms with E-state index in [2.05, 4.69) is 4.98 Å². The first-order valence-electron chi connectivity index (χ1n) is 9.46. The number of nitrogens with one attached hydrogen (secondary N) is 1. The number of aromatic amines is 1. The lowest BCUT2D eigenvalue weighted by molar-refractivity contribution is -0.132. The van der Waals surface area contributed by atoms with Crippen LogP contribution in [-0.2, 0) is 16.9 Å². The van der Waals surface area contributed by atoms with Crippen LogP contribution in [0.2, 0.25) is 5.02 Å². The zero-order valence-electron chi connectivity index (χ0n) is 15.8. The summed E-state index contributed by atoms with van der Waals surface area (Å²) in [6.45, 7) is 2.25. The average molecular weight is 403 g/mol. The maximum atomic E-state index is 13.7. The van der Waals surface area contributed by atoms with Crippen LogP contribution in [0.5, 0.6) is 0 Å². The molecule has 0 saturated heterocycles. The lowest BCUT2D eigenvalue weighted by atomic mass is 9.85. The monoisotopic (exact) mass is 402 g/mol. The molecule has 1 aliphatic heterocycles. The van der Waals surface area contributed by atoms with E-state index in [9.17, 15) is 9.90 Å². The number of carbonyl (C=O) groups is 1. The van der Waals surface area contributed by atoms with Crippen LogP contribution < -0.4 is 4.90 Å². The number of amides is 1. The van der Waals surface area contributed by atoms with E-state index in [1.165, 1.54) is 0 Å². The molecule has 4 nitrogen and oxygen atoms in total. The highest BCUT2D eigenvalue weighted by molar-refractivity contribution is 6.31. The molecule has 144 valence electrons. The number of hydrogen-bond acceptors (Lipinski definition) is 2. The van der Waals surface area contributed by atoms with E-state index in [-0.39, 0.29) is 5.91 Å². The number of aliphatic hydroxyl groups is 1. The van der Waals surface area contributed by atoms with Crippen LogP contribution in [0.15, 0.2) is 72.8 Å². The Kier molecular flexibility index (Phi) is 4.02. The summed E-state index contributed by atoms with van der Waals surface area (Å²) < 4.78 is 0. The van der Waals surface area contributed by atoms with Crippen molar-refractivity contribution >= 4 is 34.1 Å². The zero-order valence-corrected chi connectivity index (χ0v) is 16.6. The van der Waals surface area contributed by atoms with E-state index in [0.29, 0.717) is 28.4 Å². The highest BCUT2D eigenvalue weighted by Crippen LogP contribution is 2.48. The largest absolute Gasteiger partial charge is 0.372 e. The number of fused-ring (bicyclic) bond motifs is 2. The Balaban J connectivity index is 1.74. The molecule has 3 aromatic carbocycles. The number of carbonyl (C=O) groups excluding carboxylic acids is 1. The number of aryl methyl sites for hydroxylation is 1. The Morgan fingerprint density at radius 1 is 1.03 bits per heavy atom. The van der Waals surface area contributed by atoms with Crippen LogP contribution in [0.4, 0.5) is 5.69 Å². The second-order valence-electron chi connectivity index (χ2n) is 7.42. The normalized spacial score (nSPS) is 18.4. The first kappa shape index (κ1) is 18.0. The summed E-state index contributed by atoms with van der Waals surface area (Å²) in [5.41, 5.74) is 2.59. The van der Waals surface area contributed by atoms with E-state index in [1.807, 2.05) is 61.5 Å². The van der Waals surface area contributed by atoms with E-state index >= 15 is 0 Å². The van der Waals surface area contributed by atoms with Crippen molar-refractivity contribution < 1.29 is 9.90 Å². The van der Waals surface area contributed by atoms with Gasteiger partial charge in [-0.1, -0.05) is 60.1 Å². The molecule has 0 saturated carbocycles. The van der Waals surface area contributed by atoms with Crippen molar-refractivity contribution in [1.82, 2.24) is 4.98 Å². The predicted molar refractivity (Wildman–Crippen MR) is 115 cm³/mol. The van der Waals surface area contributed by atoms with Gasteiger partial charge in [0.15, 0.2) is 5.60 Å². The number of anilines is 1. The van der Waals surface area contributed by atoms with Crippen LogP contribution in [0.1, 0.15) is 22.4 Å². The van der Waals surface area contributed by atoms with Gasteiger partial charge in [0.25, 0.3) is 5.91 Å². The maximum absolute atomic E-state index is 13.7. The maximum Gasteiger partial charge on any atom is 0.268 e. The lowest BCUT2D eigenvalue weighted by Crippen LogP contribution is -2.41. The van der Waals surface area contributed by atoms with Crippen LogP contribution in [0.3, 0.4) is 0 Å². The number of halogens is 1. The van der Waals surface area contributed by atoms with Gasteiger partial charge in [-0.3, -0.25) is 4.79 Å². The van der Waals surface area contributed by atoms with E-state index in [1.54, 1.807) is 23.1 Å². The molecule has 1 aliphatic rings. The highest BCUT2D eigenvalue weighted by Gasteiger charge is 2.53. The summed E-state index contributed by atoms with van der Waals surface area (Å²) in [5.74, 6) is -0.369. The zero-order chi connectivity index (χ0) is 20.2. The average Bonchev–Trinajstić information content (AvgIpc) is 3.16. The molecule has 5 heteroatoms. The third kappa shape index (κ3) is 2.60. The van der Waals surface area contributed by atoms with Gasteiger partial charge in [-0.2, -0.15) is 0 Å². The molecule has 5 rings (SSSR count). The first-order valence-corrected chi connectivity index (χ1v) is 9.84. The number of hydrogen-bond donors (Lipinski definition) is 2. The second-order valence-corrected chi connectivity index (χ2v) is 7.86. The van der Waals surface area contributed by atoms with Gasteiger partial charge < -0.3 is 15.0 Å². The van der Waals surface area contributed by atoms with Crippen molar-refractivity contribution in [3.8, 4) is 0 Å². The molecule has 0 bridgehead atoms. The van der Waals surface area contributed by atoms with Gasteiger partial charge >= 0.3 is 0 Å². The molecule has 2 heterocycles. The predicted octanol–water partition coefficient (Wildman–Crippen LogP) is 4.91. The highest BCUT2D eigenvalue weighted by atomic mass is 35.5. The van der Waals surface area contributed by atoms with Crippen molar-refractivity contribution in [2.75, 3.05) is 4.90 Å². The molecular formula is C24H19ClN2O2. The fourth-order valence-electron chi connectivity index (χ4n) is 4.36. The fraction of sp³-hybridized carbons (Fsp3) is 0.125. The summed E-state index contributed by atoms with van der Waals surface area (Å²) in [6.07, 6.45) is 0. The fourth-order valence-corrected chi connectivity index (χ4v) is 4.53. The van der Waals surface area contributed by atoms with Crippen molar-refractivity contribution in [3.63, 3.8) is 0 Å². The van der Waals surface area contributed by atoms with Gasteiger partial charge in [-0.05, 0) is 36.8 Å². The van der Waals surface area contributed by atoms with E-state index < -0.39 is 5.60 Å². The van der Waals surface area contributed by atoms with Crippen LogP contribution in [0, 0.1) is 6.92 Å². The summed E-state index contributed by atoms with van der Waals surface area (Å²) in [5, 5.41) is 13.3. The summed E-state index contributed by atoms with van der Waals surface area (Å²) in [7, 11) is 0. The Bertz CT molecular complexity index is 1250. The Hall–Kier alpha value is -3.08. The number of rotatable bonds is 3. The summed E-state index contributed by atoms with van der Waals surface area (Å²) >= 11 is 6.28. The third-order valence-corrected chi connectivity index (χ3v) is 5.87. The van der Waals surface area contributed by atoms with Gasteiger partial charge in [0.05, 0.1) is 12.2 Å². The molecule has 1 aromatic heterocycles. The van der Waals surface area contributed by atoms with Gasteiger partial charge in [0.1, 0.15) is 0 Å². The molecule has 4 aromatic rings. The quantitative estimate of drug-likeness (QED) is 0.511. The number of aromatic nitrogens is 1. The smallest absolute Gasteiger partial charge is 0.268 e. The number of benzene rings is 3. The van der Waals surface area contributed by atoms with E-state index in [0.717, 1.165) is 22.2 Å². The van der Waals surface area contributed by atoms with Gasteiger partial charge in [-0.25, -0.2) is 0 Å². The van der Waals surface area contributed by atoms with Crippen LogP contribution in [-0.4, -0.2) is 16.0 Å². The second kappa shape index (κ2) is 6.48. The third-order valence-electron chi connectivity index (χ3n) is 5.63. The molecule has 29 heavy (non-hydrogen) atoms. The van der Waals surface area contributed by atoms with Crippen molar-refractivity contribution in [3.05, 3.63) is 100 Å². The Labute approximate surface area is 173 Å². The minimum atomic E-state index is -1.81. The lowest BCUT2D eigenvalue weighted by Gasteiger charge is -2.24. The van der Waals surface area contributed by atoms with Crippen LogP contribution >= 0.6 is 11.6 Å². The first-order chi connectivity index (χ1) is 14.0. The van der Waals surface area contributed by atoms with Gasteiger partial charge in [0, 0.05) is 32.7 Å². The van der Waals surface area contributed by atoms with Crippen LogP contribution in [0.25, 0.3) is 10.9 Å². The van der Waals surface area contributed by atoms with Gasteiger partial charge in [0.2, 0.25) is 0 Å². The Morgan fingerprint density at radius 3 is 2.55 bits per heavy atom. The molecule has 0 unspecified atom stereocenters. The summed E-state index contributed by atoms with van der Waals surface area (Å²) in [4.78, 5) is 18.7. The van der Waals surface area contributed by atoms with Crippen molar-refractivity contribution in [2.24, 2.45) is 0 Å². The minimum Gasteiger partial charge on any atom is -0.372 e. The molecule has 2 N–H and O–H groups in total. The van der Waals surface area contributed by atoms with Gasteiger partial charge in [-0.15, -0.1) is 0 Å². The molecule has 0 fully saturated rings. The standard InChI is InChI=1S/C24H19ClN2O2/c1-15-22(18-9-5-6-10-20(18)26-15)24(29)19-13-17(25)11-12-21(19)27(23(24)28)14-16-7-3-2-4-8-16/h2-13,26,29H,14H2,1H3/t24-/m1/s1. The molecular weight excluding hydrogens is 384 g/mol. The van der Waals surface area contributed by atoms with Crippen molar-refractivity contribution in [1.29, 1.82) is 0 Å². The molecule has 0 aliphatic carbocycles. The van der Waals surface area contributed by atoms with Crippen molar-refractivity contribution in [2.45, 2.75) is 19.1 Å². The summed E-state index contributed by atoms with van der Waals surface area (Å²) in [6, 6.07) is 22.7. The number of nitrogens with zero attached hydrogens (tertiary/aromatic N) is 1. The Morgan fingerprint density at radius 2 is 1.76 bits per heavy atom. The topological polar surface area (TPSA) is 56.3 Å². The molecule has 0 radical (unpaired) electrons. The minimum absolute atomic E-state index is 0.369. The number of H-pyrrole nitrogens is 1. The molecule has 1 amide bonds. The number of para-hydroxylation sites is 1. The molecule has 0 spiro atoms. The molecule has 1 atom stereocenters. The van der Waals surface area contributed by atoms with E-state index in [4.69, 9.17) is 11.6 Å².